The lowest BCUT2D eigenvalue weighted by Gasteiger charge is -2.34. The molecule has 1 heterocycles. The van der Waals surface area contributed by atoms with E-state index >= 15 is 0 Å². The predicted molar refractivity (Wildman–Crippen MR) is 98.2 cm³/mol. The Kier molecular flexibility index (Phi) is 6.74. The number of carbonyl (C=O) groups excluding carboxylic acids is 2. The number of hydrogen-bond donors (Lipinski definition) is 2. The van der Waals surface area contributed by atoms with Gasteiger partial charge in [-0.3, -0.25) is 14.9 Å². The van der Waals surface area contributed by atoms with E-state index in [4.69, 9.17) is 0 Å². The number of benzene rings is 1. The minimum Gasteiger partial charge on any atom is -0.358 e. The quantitative estimate of drug-likeness (QED) is 0.689. The van der Waals surface area contributed by atoms with Crippen LogP contribution in [0.4, 0.5) is 0 Å². The van der Waals surface area contributed by atoms with Crippen LogP contribution in [0.25, 0.3) is 0 Å². The molecule has 2 N–H and O–H groups in total. The maximum atomic E-state index is 12.8. The number of nitrogens with one attached hydrogen (secondary N) is 2. The average molecular weight is 382 g/mol. The van der Waals surface area contributed by atoms with Gasteiger partial charge in [0.15, 0.2) is 0 Å². The molecule has 1 aliphatic rings. The van der Waals surface area contributed by atoms with Crippen molar-refractivity contribution in [3.63, 3.8) is 0 Å². The Morgan fingerprint density at radius 1 is 1.08 bits per heavy atom. The summed E-state index contributed by atoms with van der Waals surface area (Å²) in [6, 6.07) is 5.28. The van der Waals surface area contributed by atoms with Crippen molar-refractivity contribution in [1.29, 1.82) is 0 Å². The van der Waals surface area contributed by atoms with Crippen LogP contribution in [0, 0.1) is 13.8 Å². The Morgan fingerprint density at radius 2 is 1.73 bits per heavy atom. The molecule has 144 valence electrons. The van der Waals surface area contributed by atoms with Crippen LogP contribution in [0.1, 0.15) is 11.1 Å². The van der Waals surface area contributed by atoms with Crippen molar-refractivity contribution in [3.05, 3.63) is 29.3 Å². The molecule has 26 heavy (non-hydrogen) atoms. The molecule has 0 aliphatic carbocycles. The van der Waals surface area contributed by atoms with E-state index in [2.05, 4.69) is 10.6 Å². The minimum absolute atomic E-state index is 0.0528. The third-order valence-electron chi connectivity index (χ3n) is 4.38. The summed E-state index contributed by atoms with van der Waals surface area (Å²) in [5.41, 5.74) is 1.74. The first-order valence-electron chi connectivity index (χ1n) is 8.52. The molecule has 8 nitrogen and oxygen atoms in total. The lowest BCUT2D eigenvalue weighted by molar-refractivity contribution is -0.131. The number of hydrogen-bond acceptors (Lipinski definition) is 5. The summed E-state index contributed by atoms with van der Waals surface area (Å²) in [6.45, 7) is 5.03. The van der Waals surface area contributed by atoms with Crippen molar-refractivity contribution in [1.82, 2.24) is 19.8 Å². The molecule has 0 unspecified atom stereocenters. The summed E-state index contributed by atoms with van der Waals surface area (Å²) in [7, 11) is -2.03. The molecule has 0 radical (unpaired) electrons. The van der Waals surface area contributed by atoms with E-state index in [1.807, 2.05) is 13.0 Å². The highest BCUT2D eigenvalue weighted by Crippen LogP contribution is 2.22. The molecule has 1 aromatic rings. The molecule has 0 saturated carbocycles. The average Bonchev–Trinajstić information content (AvgIpc) is 2.61. The number of nitrogens with zero attached hydrogens (tertiary/aromatic N) is 2. The third-order valence-corrected chi connectivity index (χ3v) is 6.44. The van der Waals surface area contributed by atoms with Gasteiger partial charge < -0.3 is 10.2 Å². The van der Waals surface area contributed by atoms with Crippen LogP contribution in [0.3, 0.4) is 0 Å². The Bertz CT molecular complexity index is 771. The van der Waals surface area contributed by atoms with Crippen LogP contribution in [0.2, 0.25) is 0 Å². The van der Waals surface area contributed by atoms with Gasteiger partial charge in [-0.15, -0.1) is 0 Å². The first-order chi connectivity index (χ1) is 12.3. The summed E-state index contributed by atoms with van der Waals surface area (Å²) in [4.78, 5) is 25.2. The van der Waals surface area contributed by atoms with Gasteiger partial charge in [0.1, 0.15) is 0 Å². The molecule has 1 aliphatic heterocycles. The van der Waals surface area contributed by atoms with Crippen LogP contribution in [0.5, 0.6) is 0 Å². The Morgan fingerprint density at radius 3 is 2.31 bits per heavy atom. The monoisotopic (exact) mass is 382 g/mol. The largest absolute Gasteiger partial charge is 0.358 e. The molecular weight excluding hydrogens is 356 g/mol. The normalized spacial score (nSPS) is 15.7. The fraction of sp³-hybridized carbons (Fsp3) is 0.529. The molecule has 2 amide bonds. The summed E-state index contributed by atoms with van der Waals surface area (Å²) in [5, 5.41) is 5.24. The lowest BCUT2D eigenvalue weighted by Crippen LogP contribution is -2.52. The number of amides is 2. The second-order valence-electron chi connectivity index (χ2n) is 6.33. The molecule has 0 aromatic heterocycles. The number of carbonyl (C=O) groups is 2. The predicted octanol–water partition coefficient (Wildman–Crippen LogP) is -0.528. The molecular formula is C17H26N4O4S. The summed E-state index contributed by atoms with van der Waals surface area (Å²) in [6.07, 6.45) is 0. The van der Waals surface area contributed by atoms with Crippen LogP contribution < -0.4 is 10.6 Å². The number of sulfonamides is 1. The van der Waals surface area contributed by atoms with Crippen molar-refractivity contribution in [2.45, 2.75) is 18.7 Å². The summed E-state index contributed by atoms with van der Waals surface area (Å²) < 4.78 is 27.1. The molecule has 0 bridgehead atoms. The third kappa shape index (κ3) is 4.80. The van der Waals surface area contributed by atoms with Crippen molar-refractivity contribution in [2.24, 2.45) is 0 Å². The van der Waals surface area contributed by atoms with Crippen molar-refractivity contribution < 1.29 is 18.0 Å². The van der Waals surface area contributed by atoms with E-state index in [0.29, 0.717) is 18.0 Å². The number of rotatable bonds is 6. The topological polar surface area (TPSA) is 98.8 Å². The van der Waals surface area contributed by atoms with Crippen LogP contribution in [-0.4, -0.2) is 75.8 Å². The van der Waals surface area contributed by atoms with Gasteiger partial charge >= 0.3 is 0 Å². The van der Waals surface area contributed by atoms with Crippen molar-refractivity contribution >= 4 is 21.8 Å². The number of aryl methyl sites for hydroxylation is 2. The van der Waals surface area contributed by atoms with E-state index in [1.165, 1.54) is 11.4 Å². The van der Waals surface area contributed by atoms with E-state index in [0.717, 1.165) is 11.1 Å². The fourth-order valence-corrected chi connectivity index (χ4v) is 4.52. The Hall–Kier alpha value is -1.97. The highest BCUT2D eigenvalue weighted by atomic mass is 32.2. The maximum absolute atomic E-state index is 12.8. The van der Waals surface area contributed by atoms with E-state index in [-0.39, 0.29) is 38.0 Å². The number of piperazine rings is 1. The molecule has 1 saturated heterocycles. The number of likely N-dealkylation sites (N-methyl/N-ethyl adjacent to an activating group) is 1. The maximum Gasteiger partial charge on any atom is 0.243 e. The fourth-order valence-electron chi connectivity index (χ4n) is 2.89. The molecule has 0 spiro atoms. The zero-order valence-corrected chi connectivity index (χ0v) is 16.2. The van der Waals surface area contributed by atoms with Gasteiger partial charge in [0.25, 0.3) is 0 Å². The van der Waals surface area contributed by atoms with Gasteiger partial charge in [0.05, 0.1) is 18.0 Å². The molecule has 9 heteroatoms. The van der Waals surface area contributed by atoms with Gasteiger partial charge in [0.2, 0.25) is 21.8 Å². The van der Waals surface area contributed by atoms with Crippen LogP contribution in [-0.2, 0) is 19.6 Å². The standard InChI is InChI=1S/C17H26N4O4S/c1-13-4-5-15(14(2)10-13)26(24,25)21-8-6-20(7-9-21)17(23)12-19-11-16(22)18-3/h4-5,10,19H,6-9,11-12H2,1-3H3,(H,18,22). The van der Waals surface area contributed by atoms with Crippen molar-refractivity contribution in [3.8, 4) is 0 Å². The Labute approximate surface area is 154 Å². The van der Waals surface area contributed by atoms with E-state index in [1.54, 1.807) is 24.0 Å². The van der Waals surface area contributed by atoms with Crippen LogP contribution >= 0.6 is 0 Å². The molecule has 0 atom stereocenters. The second kappa shape index (κ2) is 8.61. The van der Waals surface area contributed by atoms with Gasteiger partial charge in [0, 0.05) is 33.2 Å². The molecule has 1 aromatic carbocycles. The molecule has 2 rings (SSSR count). The highest BCUT2D eigenvalue weighted by Gasteiger charge is 2.30. The van der Waals surface area contributed by atoms with Crippen LogP contribution in [0.15, 0.2) is 23.1 Å². The van der Waals surface area contributed by atoms with Gasteiger partial charge in [-0.05, 0) is 25.5 Å². The lowest BCUT2D eigenvalue weighted by atomic mass is 10.2. The summed E-state index contributed by atoms with van der Waals surface area (Å²) in [5.74, 6) is -0.334. The zero-order valence-electron chi connectivity index (χ0n) is 15.4. The SMILES string of the molecule is CNC(=O)CNCC(=O)N1CCN(S(=O)(=O)c2ccc(C)cc2C)CC1. The van der Waals surface area contributed by atoms with Gasteiger partial charge in [-0.1, -0.05) is 17.7 Å². The first-order valence-corrected chi connectivity index (χ1v) is 9.96. The van der Waals surface area contributed by atoms with Gasteiger partial charge in [-0.2, -0.15) is 4.31 Å². The minimum atomic E-state index is -3.56. The Balaban J connectivity index is 1.93. The highest BCUT2D eigenvalue weighted by molar-refractivity contribution is 7.89. The van der Waals surface area contributed by atoms with E-state index < -0.39 is 10.0 Å². The smallest absolute Gasteiger partial charge is 0.243 e. The first kappa shape index (κ1) is 20.3. The van der Waals surface area contributed by atoms with Crippen molar-refractivity contribution in [2.75, 3.05) is 46.3 Å². The van der Waals surface area contributed by atoms with E-state index in [9.17, 15) is 18.0 Å². The zero-order chi connectivity index (χ0) is 19.3. The second-order valence-corrected chi connectivity index (χ2v) is 8.24. The molecule has 1 fully saturated rings. The van der Waals surface area contributed by atoms with Gasteiger partial charge in [-0.25, -0.2) is 8.42 Å². The summed E-state index contributed by atoms with van der Waals surface area (Å²) >= 11 is 0.